The molecule has 104 valence electrons. The lowest BCUT2D eigenvalue weighted by atomic mass is 9.81. The number of rotatable bonds is 3. The molecule has 2 rings (SSSR count). The van der Waals surface area contributed by atoms with E-state index in [1.54, 1.807) is 0 Å². The van der Waals surface area contributed by atoms with Gasteiger partial charge in [0.15, 0.2) is 0 Å². The van der Waals surface area contributed by atoms with Gasteiger partial charge in [0, 0.05) is 19.0 Å². The highest BCUT2D eigenvalue weighted by molar-refractivity contribution is 5.79. The Balaban J connectivity index is 1.78. The van der Waals surface area contributed by atoms with Gasteiger partial charge in [-0.25, -0.2) is 0 Å². The van der Waals surface area contributed by atoms with E-state index >= 15 is 0 Å². The van der Waals surface area contributed by atoms with E-state index in [0.717, 1.165) is 51.2 Å². The maximum absolute atomic E-state index is 12.4. The number of hydrogen-bond donors (Lipinski definition) is 1. The van der Waals surface area contributed by atoms with Crippen LogP contribution in [0, 0.1) is 17.8 Å². The Kier molecular flexibility index (Phi) is 5.04. The van der Waals surface area contributed by atoms with Crippen LogP contribution in [-0.4, -0.2) is 30.4 Å². The third kappa shape index (κ3) is 3.25. The zero-order valence-corrected chi connectivity index (χ0v) is 11.7. The van der Waals surface area contributed by atoms with Gasteiger partial charge in [0.2, 0.25) is 5.91 Å². The van der Waals surface area contributed by atoms with E-state index in [4.69, 9.17) is 5.73 Å². The van der Waals surface area contributed by atoms with Crippen LogP contribution in [0.25, 0.3) is 0 Å². The van der Waals surface area contributed by atoms with E-state index in [2.05, 4.69) is 11.8 Å². The molecule has 3 heteroatoms. The molecule has 0 unspecified atom stereocenters. The first-order valence-electron chi connectivity index (χ1n) is 7.73. The van der Waals surface area contributed by atoms with Gasteiger partial charge in [-0.15, -0.1) is 0 Å². The predicted octanol–water partition coefficient (Wildman–Crippen LogP) is 2.40. The molecule has 2 N–H and O–H groups in total. The number of carbonyl (C=O) groups excluding carboxylic acids is 1. The fourth-order valence-electron chi connectivity index (χ4n) is 3.46. The topological polar surface area (TPSA) is 46.3 Å². The predicted molar refractivity (Wildman–Crippen MR) is 74.1 cm³/mol. The fraction of sp³-hybridized carbons (Fsp3) is 0.933. The molecule has 0 spiro atoms. The van der Waals surface area contributed by atoms with E-state index in [9.17, 15) is 4.79 Å². The van der Waals surface area contributed by atoms with Gasteiger partial charge >= 0.3 is 0 Å². The molecule has 0 aromatic heterocycles. The van der Waals surface area contributed by atoms with E-state index in [0.29, 0.717) is 17.7 Å². The Bertz CT molecular complexity index is 238. The Morgan fingerprint density at radius 2 is 1.67 bits per heavy atom. The minimum absolute atomic E-state index is 0.297. The van der Waals surface area contributed by atoms with Crippen LogP contribution in [0.5, 0.6) is 0 Å². The van der Waals surface area contributed by atoms with Crippen molar-refractivity contribution in [1.82, 2.24) is 4.90 Å². The van der Waals surface area contributed by atoms with Crippen LogP contribution in [0.15, 0.2) is 0 Å². The summed E-state index contributed by atoms with van der Waals surface area (Å²) in [4.78, 5) is 14.6. The van der Waals surface area contributed by atoms with Crippen LogP contribution in [0.4, 0.5) is 0 Å². The standard InChI is InChI=1S/C15H28N2O/c1-2-12-7-9-17(10-8-12)15(18)14-5-3-13(11-16)4-6-14/h12-14H,2-11,16H2,1H3. The summed E-state index contributed by atoms with van der Waals surface area (Å²) in [6, 6.07) is 0. The maximum Gasteiger partial charge on any atom is 0.225 e. The summed E-state index contributed by atoms with van der Waals surface area (Å²) in [5.41, 5.74) is 5.70. The summed E-state index contributed by atoms with van der Waals surface area (Å²) >= 11 is 0. The van der Waals surface area contributed by atoms with Gasteiger partial charge in [-0.05, 0) is 56.9 Å². The van der Waals surface area contributed by atoms with Crippen molar-refractivity contribution in [2.75, 3.05) is 19.6 Å². The summed E-state index contributed by atoms with van der Waals surface area (Å²) in [7, 11) is 0. The Morgan fingerprint density at radius 1 is 1.06 bits per heavy atom. The third-order valence-corrected chi connectivity index (χ3v) is 5.03. The van der Waals surface area contributed by atoms with Crippen molar-refractivity contribution in [1.29, 1.82) is 0 Å². The SMILES string of the molecule is CCC1CCN(C(=O)C2CCC(CN)CC2)CC1. The Hall–Kier alpha value is -0.570. The van der Waals surface area contributed by atoms with Crippen molar-refractivity contribution in [3.05, 3.63) is 0 Å². The fourth-order valence-corrected chi connectivity index (χ4v) is 3.46. The monoisotopic (exact) mass is 252 g/mol. The first-order chi connectivity index (χ1) is 8.74. The highest BCUT2D eigenvalue weighted by atomic mass is 16.2. The molecule has 2 fully saturated rings. The van der Waals surface area contributed by atoms with Crippen molar-refractivity contribution in [2.24, 2.45) is 23.5 Å². The van der Waals surface area contributed by atoms with E-state index in [1.165, 1.54) is 19.3 Å². The first-order valence-corrected chi connectivity index (χ1v) is 7.73. The molecule has 0 aromatic rings. The van der Waals surface area contributed by atoms with Gasteiger partial charge in [0.1, 0.15) is 0 Å². The summed E-state index contributed by atoms with van der Waals surface area (Å²) in [5.74, 6) is 2.24. The normalized spacial score (nSPS) is 30.4. The molecular formula is C15H28N2O. The minimum Gasteiger partial charge on any atom is -0.342 e. The number of hydrogen-bond acceptors (Lipinski definition) is 2. The average Bonchev–Trinajstić information content (AvgIpc) is 2.47. The van der Waals surface area contributed by atoms with Crippen LogP contribution in [0.1, 0.15) is 51.9 Å². The number of amides is 1. The second kappa shape index (κ2) is 6.55. The summed E-state index contributed by atoms with van der Waals surface area (Å²) in [5, 5.41) is 0. The molecule has 1 aliphatic carbocycles. The summed E-state index contributed by atoms with van der Waals surface area (Å²) < 4.78 is 0. The van der Waals surface area contributed by atoms with Crippen LogP contribution >= 0.6 is 0 Å². The molecule has 1 saturated carbocycles. The second-order valence-electron chi connectivity index (χ2n) is 6.13. The molecule has 0 aromatic carbocycles. The van der Waals surface area contributed by atoms with Crippen LogP contribution in [0.3, 0.4) is 0 Å². The second-order valence-corrected chi connectivity index (χ2v) is 6.13. The van der Waals surface area contributed by atoms with Crippen molar-refractivity contribution in [3.8, 4) is 0 Å². The van der Waals surface area contributed by atoms with Crippen molar-refractivity contribution in [3.63, 3.8) is 0 Å². The molecule has 1 heterocycles. The largest absolute Gasteiger partial charge is 0.342 e. The lowest BCUT2D eigenvalue weighted by Gasteiger charge is -2.36. The lowest BCUT2D eigenvalue weighted by Crippen LogP contribution is -2.42. The number of nitrogens with two attached hydrogens (primary N) is 1. The molecule has 0 radical (unpaired) electrons. The zero-order chi connectivity index (χ0) is 13.0. The minimum atomic E-state index is 0.297. The van der Waals surface area contributed by atoms with Crippen molar-refractivity contribution >= 4 is 5.91 Å². The van der Waals surface area contributed by atoms with Gasteiger partial charge in [0.05, 0.1) is 0 Å². The molecule has 1 amide bonds. The van der Waals surface area contributed by atoms with Gasteiger partial charge in [-0.2, -0.15) is 0 Å². The number of carbonyl (C=O) groups is 1. The average molecular weight is 252 g/mol. The number of nitrogens with zero attached hydrogens (tertiary/aromatic N) is 1. The van der Waals surface area contributed by atoms with Gasteiger partial charge in [-0.1, -0.05) is 13.3 Å². The third-order valence-electron chi connectivity index (χ3n) is 5.03. The molecule has 18 heavy (non-hydrogen) atoms. The number of likely N-dealkylation sites (tertiary alicyclic amines) is 1. The molecule has 2 aliphatic rings. The zero-order valence-electron chi connectivity index (χ0n) is 11.7. The Morgan fingerprint density at radius 3 is 2.17 bits per heavy atom. The summed E-state index contributed by atoms with van der Waals surface area (Å²) in [6.07, 6.45) is 8.11. The molecular weight excluding hydrogens is 224 g/mol. The van der Waals surface area contributed by atoms with Crippen LogP contribution < -0.4 is 5.73 Å². The number of piperidine rings is 1. The summed E-state index contributed by atoms with van der Waals surface area (Å²) in [6.45, 7) is 5.04. The molecule has 3 nitrogen and oxygen atoms in total. The van der Waals surface area contributed by atoms with Gasteiger partial charge in [-0.3, -0.25) is 4.79 Å². The molecule has 1 saturated heterocycles. The van der Waals surface area contributed by atoms with Crippen molar-refractivity contribution < 1.29 is 4.79 Å². The quantitative estimate of drug-likeness (QED) is 0.838. The Labute approximate surface area is 111 Å². The van der Waals surface area contributed by atoms with Gasteiger partial charge < -0.3 is 10.6 Å². The van der Waals surface area contributed by atoms with Gasteiger partial charge in [0.25, 0.3) is 0 Å². The van der Waals surface area contributed by atoms with Crippen LogP contribution in [0.2, 0.25) is 0 Å². The molecule has 0 atom stereocenters. The first kappa shape index (κ1) is 13.9. The lowest BCUT2D eigenvalue weighted by molar-refractivity contribution is -0.138. The van der Waals surface area contributed by atoms with E-state index in [1.807, 2.05) is 0 Å². The van der Waals surface area contributed by atoms with Crippen LogP contribution in [-0.2, 0) is 4.79 Å². The van der Waals surface area contributed by atoms with Crippen molar-refractivity contribution in [2.45, 2.75) is 51.9 Å². The van der Waals surface area contributed by atoms with E-state index in [-0.39, 0.29) is 0 Å². The maximum atomic E-state index is 12.4. The highest BCUT2D eigenvalue weighted by Crippen LogP contribution is 2.30. The molecule has 1 aliphatic heterocycles. The highest BCUT2D eigenvalue weighted by Gasteiger charge is 2.30. The molecule has 0 bridgehead atoms. The smallest absolute Gasteiger partial charge is 0.225 e. The van der Waals surface area contributed by atoms with E-state index < -0.39 is 0 Å².